The van der Waals surface area contributed by atoms with Crippen molar-refractivity contribution in [3.05, 3.63) is 48.0 Å². The predicted octanol–water partition coefficient (Wildman–Crippen LogP) is 3.49. The van der Waals surface area contributed by atoms with Crippen molar-refractivity contribution < 1.29 is 14.3 Å². The standard InChI is InChI=1S/C18H16N2O3S/c1-22-13-6-7-14-16(9-13)24-18(19-14)20-17(21)12-8-11-4-2-3-5-15(11)23-10-12/h2-7,9,12H,8,10H2,1H3,(H,19,20,21). The maximum Gasteiger partial charge on any atom is 0.233 e. The molecule has 4 rings (SSSR count). The number of thiazole rings is 1. The van der Waals surface area contributed by atoms with E-state index in [0.717, 1.165) is 27.3 Å². The van der Waals surface area contributed by atoms with Gasteiger partial charge >= 0.3 is 0 Å². The summed E-state index contributed by atoms with van der Waals surface area (Å²) in [6, 6.07) is 13.5. The topological polar surface area (TPSA) is 60.5 Å². The maximum atomic E-state index is 12.5. The summed E-state index contributed by atoms with van der Waals surface area (Å²) in [5.41, 5.74) is 1.92. The van der Waals surface area contributed by atoms with Crippen molar-refractivity contribution in [2.24, 2.45) is 5.92 Å². The summed E-state index contributed by atoms with van der Waals surface area (Å²) in [5.74, 6) is 1.38. The SMILES string of the molecule is COc1ccc2nc(NC(=O)C3COc4ccccc4C3)sc2c1. The number of hydrogen-bond donors (Lipinski definition) is 1. The van der Waals surface area contributed by atoms with Crippen molar-refractivity contribution in [1.82, 2.24) is 4.98 Å². The third-order valence-electron chi connectivity index (χ3n) is 4.08. The average molecular weight is 340 g/mol. The lowest BCUT2D eigenvalue weighted by atomic mass is 9.96. The lowest BCUT2D eigenvalue weighted by Gasteiger charge is -2.24. The number of carbonyl (C=O) groups is 1. The molecule has 0 fully saturated rings. The van der Waals surface area contributed by atoms with Crippen LogP contribution in [0.15, 0.2) is 42.5 Å². The van der Waals surface area contributed by atoms with Gasteiger partial charge in [-0.05, 0) is 36.2 Å². The minimum Gasteiger partial charge on any atom is -0.497 e. The number of methoxy groups -OCH3 is 1. The van der Waals surface area contributed by atoms with Gasteiger partial charge in [0.05, 0.1) is 23.2 Å². The fourth-order valence-corrected chi connectivity index (χ4v) is 3.69. The number of nitrogens with zero attached hydrogens (tertiary/aromatic N) is 1. The van der Waals surface area contributed by atoms with E-state index in [-0.39, 0.29) is 11.8 Å². The van der Waals surface area contributed by atoms with Crippen molar-refractivity contribution in [3.8, 4) is 11.5 Å². The first-order valence-corrected chi connectivity index (χ1v) is 8.51. The van der Waals surface area contributed by atoms with Gasteiger partial charge in [-0.3, -0.25) is 4.79 Å². The molecule has 1 amide bonds. The summed E-state index contributed by atoms with van der Waals surface area (Å²) in [7, 11) is 1.63. The molecule has 0 bridgehead atoms. The fraction of sp³-hybridized carbons (Fsp3) is 0.222. The van der Waals surface area contributed by atoms with Crippen LogP contribution in [0, 0.1) is 5.92 Å². The molecule has 0 radical (unpaired) electrons. The van der Waals surface area contributed by atoms with Gasteiger partial charge in [-0.15, -0.1) is 0 Å². The molecule has 2 heterocycles. The number of rotatable bonds is 3. The van der Waals surface area contributed by atoms with Crippen molar-refractivity contribution in [2.45, 2.75) is 6.42 Å². The first-order valence-electron chi connectivity index (χ1n) is 7.69. The second kappa shape index (κ2) is 6.13. The second-order valence-corrected chi connectivity index (χ2v) is 6.69. The smallest absolute Gasteiger partial charge is 0.233 e. The zero-order valence-electron chi connectivity index (χ0n) is 13.1. The zero-order valence-corrected chi connectivity index (χ0v) is 13.9. The molecule has 3 aromatic rings. The molecule has 6 heteroatoms. The van der Waals surface area contributed by atoms with E-state index in [9.17, 15) is 4.79 Å². The molecule has 5 nitrogen and oxygen atoms in total. The minimum atomic E-state index is -0.207. The lowest BCUT2D eigenvalue weighted by Crippen LogP contribution is -2.32. The van der Waals surface area contributed by atoms with Gasteiger partial charge in [0, 0.05) is 0 Å². The summed E-state index contributed by atoms with van der Waals surface area (Å²) >= 11 is 1.44. The van der Waals surface area contributed by atoms with E-state index in [0.29, 0.717) is 18.2 Å². The van der Waals surface area contributed by atoms with Crippen LogP contribution in [0.2, 0.25) is 0 Å². The first-order chi connectivity index (χ1) is 11.7. The largest absolute Gasteiger partial charge is 0.497 e. The molecule has 0 saturated heterocycles. The van der Waals surface area contributed by atoms with Gasteiger partial charge in [0.1, 0.15) is 18.1 Å². The predicted molar refractivity (Wildman–Crippen MR) is 93.9 cm³/mol. The monoisotopic (exact) mass is 340 g/mol. The fourth-order valence-electron chi connectivity index (χ4n) is 2.79. The summed E-state index contributed by atoms with van der Waals surface area (Å²) in [6.07, 6.45) is 0.681. The molecule has 0 spiro atoms. The van der Waals surface area contributed by atoms with E-state index < -0.39 is 0 Å². The molecule has 1 unspecified atom stereocenters. The minimum absolute atomic E-state index is 0.0597. The highest BCUT2D eigenvalue weighted by molar-refractivity contribution is 7.22. The molecule has 1 aliphatic rings. The van der Waals surface area contributed by atoms with Gasteiger partial charge in [0.2, 0.25) is 5.91 Å². The number of anilines is 1. The zero-order chi connectivity index (χ0) is 16.5. The van der Waals surface area contributed by atoms with E-state index in [2.05, 4.69) is 10.3 Å². The summed E-state index contributed by atoms with van der Waals surface area (Å²) in [4.78, 5) is 17.0. The lowest BCUT2D eigenvalue weighted by molar-refractivity contribution is -0.121. The highest BCUT2D eigenvalue weighted by atomic mass is 32.1. The van der Waals surface area contributed by atoms with Gasteiger partial charge in [-0.25, -0.2) is 4.98 Å². The van der Waals surface area contributed by atoms with E-state index in [4.69, 9.17) is 9.47 Å². The number of aromatic nitrogens is 1. The molecule has 1 N–H and O–H groups in total. The van der Waals surface area contributed by atoms with E-state index in [1.54, 1.807) is 7.11 Å². The number of hydrogen-bond acceptors (Lipinski definition) is 5. The number of amides is 1. The van der Waals surface area contributed by atoms with Crippen LogP contribution in [0.5, 0.6) is 11.5 Å². The Labute approximate surface area is 143 Å². The molecule has 1 aliphatic heterocycles. The maximum absolute atomic E-state index is 12.5. The van der Waals surface area contributed by atoms with E-state index in [1.807, 2.05) is 42.5 Å². The number of ether oxygens (including phenoxy) is 2. The molecule has 24 heavy (non-hydrogen) atoms. The highest BCUT2D eigenvalue weighted by Crippen LogP contribution is 2.31. The number of fused-ring (bicyclic) bond motifs is 2. The van der Waals surface area contributed by atoms with Crippen LogP contribution in [0.4, 0.5) is 5.13 Å². The van der Waals surface area contributed by atoms with Crippen LogP contribution in [-0.4, -0.2) is 24.6 Å². The van der Waals surface area contributed by atoms with Gasteiger partial charge < -0.3 is 14.8 Å². The summed E-state index contributed by atoms with van der Waals surface area (Å²) in [5, 5.41) is 3.52. The normalized spacial score (nSPS) is 16.3. The first kappa shape index (κ1) is 15.0. The Morgan fingerprint density at radius 1 is 1.33 bits per heavy atom. The Morgan fingerprint density at radius 3 is 3.08 bits per heavy atom. The van der Waals surface area contributed by atoms with Crippen LogP contribution in [0.25, 0.3) is 10.2 Å². The number of para-hydroxylation sites is 1. The average Bonchev–Trinajstić information content (AvgIpc) is 3.02. The quantitative estimate of drug-likeness (QED) is 0.793. The molecular weight excluding hydrogens is 324 g/mol. The van der Waals surface area contributed by atoms with Gasteiger partial charge in [-0.1, -0.05) is 29.5 Å². The van der Waals surface area contributed by atoms with Crippen LogP contribution in [-0.2, 0) is 11.2 Å². The Morgan fingerprint density at radius 2 is 2.21 bits per heavy atom. The molecular formula is C18H16N2O3S. The number of carbonyl (C=O) groups excluding carboxylic acids is 1. The number of benzene rings is 2. The Balaban J connectivity index is 1.50. The molecule has 1 aromatic heterocycles. The molecule has 122 valence electrons. The molecule has 0 aliphatic carbocycles. The Hall–Kier alpha value is -2.60. The van der Waals surface area contributed by atoms with Crippen molar-refractivity contribution in [3.63, 3.8) is 0 Å². The van der Waals surface area contributed by atoms with E-state index >= 15 is 0 Å². The van der Waals surface area contributed by atoms with Crippen LogP contribution >= 0.6 is 11.3 Å². The van der Waals surface area contributed by atoms with Gasteiger partial charge in [0.15, 0.2) is 5.13 Å². The van der Waals surface area contributed by atoms with Crippen molar-refractivity contribution >= 4 is 32.6 Å². The van der Waals surface area contributed by atoms with Crippen molar-refractivity contribution in [1.29, 1.82) is 0 Å². The third kappa shape index (κ3) is 2.80. The van der Waals surface area contributed by atoms with Crippen LogP contribution < -0.4 is 14.8 Å². The van der Waals surface area contributed by atoms with Gasteiger partial charge in [0.25, 0.3) is 0 Å². The summed E-state index contributed by atoms with van der Waals surface area (Å²) < 4.78 is 11.9. The van der Waals surface area contributed by atoms with Crippen LogP contribution in [0.1, 0.15) is 5.56 Å². The Kier molecular flexibility index (Phi) is 3.82. The third-order valence-corrected chi connectivity index (χ3v) is 5.01. The number of nitrogens with one attached hydrogen (secondary N) is 1. The Bertz CT molecular complexity index is 906. The van der Waals surface area contributed by atoms with Crippen molar-refractivity contribution in [2.75, 3.05) is 19.0 Å². The summed E-state index contributed by atoms with van der Waals surface area (Å²) in [6.45, 7) is 0.390. The highest BCUT2D eigenvalue weighted by Gasteiger charge is 2.26. The van der Waals surface area contributed by atoms with Crippen LogP contribution in [0.3, 0.4) is 0 Å². The van der Waals surface area contributed by atoms with Gasteiger partial charge in [-0.2, -0.15) is 0 Å². The molecule has 2 aromatic carbocycles. The molecule has 1 atom stereocenters. The van der Waals surface area contributed by atoms with E-state index in [1.165, 1.54) is 11.3 Å². The molecule has 0 saturated carbocycles. The second-order valence-electron chi connectivity index (χ2n) is 5.66.